The topological polar surface area (TPSA) is 38.3 Å². The number of hydrogen-bond acceptors (Lipinski definition) is 2. The second-order valence-electron chi connectivity index (χ2n) is 4.66. The zero-order chi connectivity index (χ0) is 15.1. The van der Waals surface area contributed by atoms with Crippen LogP contribution < -0.4 is 10.1 Å². The maximum atomic E-state index is 11.1. The molecule has 0 unspecified atom stereocenters. The molecular weight excluding hydrogens is 386 g/mol. The third-order valence-electron chi connectivity index (χ3n) is 2.89. The van der Waals surface area contributed by atoms with Gasteiger partial charge in [0.1, 0.15) is 5.75 Å². The van der Waals surface area contributed by atoms with Crippen LogP contribution in [-0.4, -0.2) is 12.5 Å². The second kappa shape index (κ2) is 8.67. The number of carbonyl (C=O) groups is 1. The maximum Gasteiger partial charge on any atom is 0.221 e. The van der Waals surface area contributed by atoms with E-state index in [0.717, 1.165) is 32.4 Å². The molecule has 5 heteroatoms. The first kappa shape index (κ1) is 17.5. The Morgan fingerprint density at radius 1 is 1.30 bits per heavy atom. The number of fused-ring (bicyclic) bond motifs is 1. The van der Waals surface area contributed by atoms with Crippen molar-refractivity contribution in [2.24, 2.45) is 0 Å². The molecule has 0 fully saturated rings. The zero-order valence-corrected chi connectivity index (χ0v) is 15.4. The lowest BCUT2D eigenvalue weighted by molar-refractivity contribution is -0.114. The fourth-order valence-corrected chi connectivity index (χ4v) is 3.42. The van der Waals surface area contributed by atoms with Crippen molar-refractivity contribution < 1.29 is 9.53 Å². The summed E-state index contributed by atoms with van der Waals surface area (Å²) in [5, 5.41) is 2.81. The van der Waals surface area contributed by atoms with Crippen LogP contribution in [0.4, 0.5) is 5.69 Å². The summed E-state index contributed by atoms with van der Waals surface area (Å²) in [7, 11) is 0. The molecule has 1 aromatic rings. The number of unbranched alkanes of at least 4 members (excludes halogenated alkanes) is 2. The Bertz CT molecular complexity index is 473. The fraction of sp³-hybridized carbons (Fsp3) is 0.533. The van der Waals surface area contributed by atoms with Crippen LogP contribution in [0.5, 0.6) is 5.75 Å². The third-order valence-corrected chi connectivity index (χ3v) is 4.11. The van der Waals surface area contributed by atoms with Crippen LogP contribution in [0.2, 0.25) is 0 Å². The average molecular weight is 407 g/mol. The number of nitrogens with one attached hydrogen (secondary N) is 1. The Hall–Kier alpha value is -0.550. The molecule has 2 rings (SSSR count). The van der Waals surface area contributed by atoms with Crippen LogP contribution in [0.15, 0.2) is 15.0 Å². The van der Waals surface area contributed by atoms with E-state index in [0.29, 0.717) is 6.61 Å². The summed E-state index contributed by atoms with van der Waals surface area (Å²) in [4.78, 5) is 11.1. The minimum Gasteiger partial charge on any atom is -0.492 e. The summed E-state index contributed by atoms with van der Waals surface area (Å²) >= 11 is 6.86. The van der Waals surface area contributed by atoms with Crippen LogP contribution in [0.3, 0.4) is 0 Å². The molecule has 1 aliphatic heterocycles. The molecule has 1 heterocycles. The van der Waals surface area contributed by atoms with Gasteiger partial charge in [-0.3, -0.25) is 4.79 Å². The average Bonchev–Trinajstić information content (AvgIpc) is 2.85. The van der Waals surface area contributed by atoms with E-state index < -0.39 is 0 Å². The molecule has 1 N–H and O–H groups in total. The number of halogens is 2. The van der Waals surface area contributed by atoms with Crippen molar-refractivity contribution in [3.63, 3.8) is 0 Å². The van der Waals surface area contributed by atoms with E-state index in [-0.39, 0.29) is 5.91 Å². The summed E-state index contributed by atoms with van der Waals surface area (Å²) < 4.78 is 7.27. The van der Waals surface area contributed by atoms with E-state index in [1.54, 1.807) is 0 Å². The van der Waals surface area contributed by atoms with E-state index in [1.807, 2.05) is 6.07 Å². The first-order valence-electron chi connectivity index (χ1n) is 6.92. The molecule has 20 heavy (non-hydrogen) atoms. The van der Waals surface area contributed by atoms with Crippen molar-refractivity contribution in [1.82, 2.24) is 0 Å². The normalized spacial score (nSPS) is 12.1. The minimum absolute atomic E-state index is 0.0767. The van der Waals surface area contributed by atoms with Crippen molar-refractivity contribution >= 4 is 43.5 Å². The molecule has 0 atom stereocenters. The number of benzene rings is 1. The van der Waals surface area contributed by atoms with Crippen molar-refractivity contribution in [2.45, 2.75) is 46.5 Å². The molecule has 0 saturated heterocycles. The van der Waals surface area contributed by atoms with Gasteiger partial charge >= 0.3 is 0 Å². The predicted octanol–water partition coefficient (Wildman–Crippen LogP) is 5.30. The first-order chi connectivity index (χ1) is 9.51. The lowest BCUT2D eigenvalue weighted by Crippen LogP contribution is -2.08. The van der Waals surface area contributed by atoms with Gasteiger partial charge in [0.2, 0.25) is 5.91 Å². The zero-order valence-electron chi connectivity index (χ0n) is 12.2. The lowest BCUT2D eigenvalue weighted by atomic mass is 10.1. The smallest absolute Gasteiger partial charge is 0.221 e. The Labute approximate surface area is 137 Å². The van der Waals surface area contributed by atoms with Gasteiger partial charge in [0.25, 0.3) is 0 Å². The summed E-state index contributed by atoms with van der Waals surface area (Å²) in [6.07, 6.45) is 4.90. The van der Waals surface area contributed by atoms with Gasteiger partial charge in [-0.05, 0) is 37.9 Å². The van der Waals surface area contributed by atoms with Crippen LogP contribution in [0.25, 0.3) is 0 Å². The van der Waals surface area contributed by atoms with Gasteiger partial charge in [-0.2, -0.15) is 0 Å². The van der Waals surface area contributed by atoms with Crippen LogP contribution in [0.1, 0.15) is 45.6 Å². The molecule has 0 radical (unpaired) electrons. The highest BCUT2D eigenvalue weighted by Crippen LogP contribution is 2.42. The van der Waals surface area contributed by atoms with E-state index in [2.05, 4.69) is 51.0 Å². The van der Waals surface area contributed by atoms with Gasteiger partial charge in [0.15, 0.2) is 0 Å². The first-order valence-corrected chi connectivity index (χ1v) is 8.51. The Morgan fingerprint density at radius 2 is 1.95 bits per heavy atom. The summed E-state index contributed by atoms with van der Waals surface area (Å²) in [5.74, 6) is 0.758. The van der Waals surface area contributed by atoms with Gasteiger partial charge in [-0.1, -0.05) is 33.1 Å². The van der Waals surface area contributed by atoms with Crippen LogP contribution in [-0.2, 0) is 11.2 Å². The van der Waals surface area contributed by atoms with Gasteiger partial charge in [0, 0.05) is 23.4 Å². The Balaban J connectivity index is 0.000000347. The third kappa shape index (κ3) is 4.77. The molecule has 1 aliphatic rings. The number of anilines is 1. The molecule has 0 saturated carbocycles. The Morgan fingerprint density at radius 3 is 2.45 bits per heavy atom. The summed E-state index contributed by atoms with van der Waals surface area (Å²) in [6, 6.07) is 1.88. The molecule has 0 aliphatic carbocycles. The molecule has 0 bridgehead atoms. The lowest BCUT2D eigenvalue weighted by Gasteiger charge is -2.11. The molecule has 1 amide bonds. The fourth-order valence-electron chi connectivity index (χ4n) is 1.97. The van der Waals surface area contributed by atoms with Crippen LogP contribution in [0, 0.1) is 0 Å². The van der Waals surface area contributed by atoms with E-state index in [4.69, 9.17) is 4.74 Å². The predicted molar refractivity (Wildman–Crippen MR) is 90.5 cm³/mol. The SMILES string of the molecule is CC(=O)Nc1c(Br)cc(Br)c2c1CCO2.CCCCC. The van der Waals surface area contributed by atoms with Crippen molar-refractivity contribution in [3.8, 4) is 5.75 Å². The van der Waals surface area contributed by atoms with Gasteiger partial charge in [-0.25, -0.2) is 0 Å². The number of ether oxygens (including phenoxy) is 1. The van der Waals surface area contributed by atoms with Crippen molar-refractivity contribution in [3.05, 3.63) is 20.6 Å². The monoisotopic (exact) mass is 405 g/mol. The molecule has 3 nitrogen and oxygen atoms in total. The number of amides is 1. The van der Waals surface area contributed by atoms with Crippen molar-refractivity contribution in [1.29, 1.82) is 0 Å². The maximum absolute atomic E-state index is 11.1. The van der Waals surface area contributed by atoms with E-state index in [9.17, 15) is 4.79 Å². The summed E-state index contributed by atoms with van der Waals surface area (Å²) in [6.45, 7) is 6.58. The number of carbonyl (C=O) groups excluding carboxylic acids is 1. The molecule has 0 aromatic heterocycles. The largest absolute Gasteiger partial charge is 0.492 e. The molecule has 0 spiro atoms. The number of hydrogen-bond donors (Lipinski definition) is 1. The van der Waals surface area contributed by atoms with Crippen molar-refractivity contribution in [2.75, 3.05) is 11.9 Å². The molecule has 112 valence electrons. The standard InChI is InChI=1S/C10H9Br2NO2.C5H12/c1-5(14)13-9-6-2-3-15-10(6)8(12)4-7(9)11;1-3-5-4-2/h4H,2-3H2,1H3,(H,13,14);3-5H2,1-2H3. The quantitative estimate of drug-likeness (QED) is 0.739. The number of rotatable bonds is 3. The van der Waals surface area contributed by atoms with E-state index in [1.165, 1.54) is 26.2 Å². The van der Waals surface area contributed by atoms with Gasteiger partial charge < -0.3 is 10.1 Å². The summed E-state index contributed by atoms with van der Waals surface area (Å²) in [5.41, 5.74) is 1.87. The highest BCUT2D eigenvalue weighted by atomic mass is 79.9. The molecular formula is C15H21Br2NO2. The second-order valence-corrected chi connectivity index (χ2v) is 6.36. The highest BCUT2D eigenvalue weighted by molar-refractivity contribution is 9.11. The highest BCUT2D eigenvalue weighted by Gasteiger charge is 2.22. The van der Waals surface area contributed by atoms with E-state index >= 15 is 0 Å². The Kier molecular flexibility index (Phi) is 7.59. The molecule has 1 aromatic carbocycles. The van der Waals surface area contributed by atoms with Gasteiger partial charge in [0.05, 0.1) is 16.8 Å². The van der Waals surface area contributed by atoms with Gasteiger partial charge in [-0.15, -0.1) is 0 Å². The van der Waals surface area contributed by atoms with Crippen LogP contribution >= 0.6 is 31.9 Å². The minimum atomic E-state index is -0.0767.